The highest BCUT2D eigenvalue weighted by Crippen LogP contribution is 2.20. The molecule has 120 valence electrons. The van der Waals surface area contributed by atoms with Crippen molar-refractivity contribution in [3.05, 3.63) is 41.8 Å². The van der Waals surface area contributed by atoms with Crippen LogP contribution in [0.2, 0.25) is 0 Å². The average Bonchev–Trinajstić information content (AvgIpc) is 3.04. The van der Waals surface area contributed by atoms with Gasteiger partial charge in [-0.1, -0.05) is 6.07 Å². The summed E-state index contributed by atoms with van der Waals surface area (Å²) in [7, 11) is -1.86. The summed E-state index contributed by atoms with van der Waals surface area (Å²) in [5.74, 6) is 1.47. The average molecular weight is 341 g/mol. The van der Waals surface area contributed by atoms with E-state index in [2.05, 4.69) is 0 Å². The summed E-state index contributed by atoms with van der Waals surface area (Å²) >= 11 is 1.21. The van der Waals surface area contributed by atoms with E-state index >= 15 is 0 Å². The number of ether oxygens (including phenoxy) is 2. The Labute approximate surface area is 135 Å². The first-order chi connectivity index (χ1) is 10.5. The molecular formula is C15H19NO4S2. The third kappa shape index (κ3) is 4.22. The molecule has 0 atom stereocenters. The Morgan fingerprint density at radius 3 is 2.27 bits per heavy atom. The topological polar surface area (TPSA) is 55.8 Å². The molecule has 1 heterocycles. The fourth-order valence-electron chi connectivity index (χ4n) is 1.77. The normalized spacial score (nSPS) is 11.6. The molecule has 0 spiro atoms. The van der Waals surface area contributed by atoms with E-state index in [1.54, 1.807) is 36.7 Å². The molecule has 0 aliphatic heterocycles. The summed E-state index contributed by atoms with van der Waals surface area (Å²) in [6, 6.07) is 10.6. The molecule has 0 saturated heterocycles. The molecule has 5 nitrogen and oxygen atoms in total. The molecule has 1 aromatic heterocycles. The Balaban J connectivity index is 1.85. The highest BCUT2D eigenvalue weighted by atomic mass is 32.2. The first kappa shape index (κ1) is 16.8. The second kappa shape index (κ2) is 7.62. The van der Waals surface area contributed by atoms with E-state index in [1.807, 2.05) is 19.1 Å². The van der Waals surface area contributed by atoms with Crippen molar-refractivity contribution in [2.75, 3.05) is 26.8 Å². The lowest BCUT2D eigenvalue weighted by Gasteiger charge is -2.16. The fraction of sp³-hybridized carbons (Fsp3) is 0.333. The second-order valence-corrected chi connectivity index (χ2v) is 7.73. The van der Waals surface area contributed by atoms with Crippen LogP contribution in [0.4, 0.5) is 0 Å². The number of nitrogens with zero attached hydrogens (tertiary/aromatic N) is 1. The van der Waals surface area contributed by atoms with Crippen molar-refractivity contribution in [1.82, 2.24) is 4.31 Å². The number of hydrogen-bond donors (Lipinski definition) is 0. The van der Waals surface area contributed by atoms with Crippen LogP contribution in [-0.4, -0.2) is 39.5 Å². The number of benzene rings is 1. The lowest BCUT2D eigenvalue weighted by atomic mass is 10.3. The molecule has 0 aliphatic carbocycles. The molecule has 0 saturated carbocycles. The number of hydrogen-bond acceptors (Lipinski definition) is 5. The van der Waals surface area contributed by atoms with Crippen LogP contribution in [0.25, 0.3) is 0 Å². The van der Waals surface area contributed by atoms with Gasteiger partial charge >= 0.3 is 0 Å². The van der Waals surface area contributed by atoms with Gasteiger partial charge in [-0.2, -0.15) is 4.31 Å². The molecule has 0 bridgehead atoms. The van der Waals surface area contributed by atoms with E-state index < -0.39 is 10.0 Å². The monoisotopic (exact) mass is 341 g/mol. The zero-order chi connectivity index (χ0) is 16.0. The van der Waals surface area contributed by atoms with Crippen molar-refractivity contribution in [3.63, 3.8) is 0 Å². The molecule has 2 aromatic rings. The van der Waals surface area contributed by atoms with Crippen molar-refractivity contribution >= 4 is 21.4 Å². The Kier molecular flexibility index (Phi) is 5.82. The van der Waals surface area contributed by atoms with Crippen LogP contribution in [-0.2, 0) is 10.0 Å². The van der Waals surface area contributed by atoms with Crippen molar-refractivity contribution in [1.29, 1.82) is 0 Å². The summed E-state index contributed by atoms with van der Waals surface area (Å²) in [4.78, 5) is 0. The molecule has 0 radical (unpaired) electrons. The van der Waals surface area contributed by atoms with Gasteiger partial charge < -0.3 is 9.47 Å². The quantitative estimate of drug-likeness (QED) is 0.741. The van der Waals surface area contributed by atoms with Gasteiger partial charge in [-0.05, 0) is 42.6 Å². The standard InChI is InChI=1S/C15H19NO4S2/c1-3-19-13-6-8-14(9-7-13)20-11-10-16(2)22(17,18)15-5-4-12-21-15/h4-9,12H,3,10-11H2,1-2H3. The van der Waals surface area contributed by atoms with Crippen LogP contribution >= 0.6 is 11.3 Å². The van der Waals surface area contributed by atoms with E-state index in [4.69, 9.17) is 9.47 Å². The van der Waals surface area contributed by atoms with Crippen LogP contribution in [0.15, 0.2) is 46.0 Å². The minimum Gasteiger partial charge on any atom is -0.494 e. The van der Waals surface area contributed by atoms with E-state index in [0.717, 1.165) is 5.75 Å². The maximum absolute atomic E-state index is 12.2. The Bertz CT molecular complexity index is 666. The minimum atomic E-state index is -3.41. The Morgan fingerprint density at radius 1 is 1.09 bits per heavy atom. The number of rotatable bonds is 8. The van der Waals surface area contributed by atoms with Gasteiger partial charge in [-0.15, -0.1) is 11.3 Å². The number of sulfonamides is 1. The van der Waals surface area contributed by atoms with Crippen LogP contribution in [0.1, 0.15) is 6.92 Å². The van der Waals surface area contributed by atoms with E-state index in [9.17, 15) is 8.42 Å². The van der Waals surface area contributed by atoms with Crippen molar-refractivity contribution in [2.45, 2.75) is 11.1 Å². The molecule has 0 amide bonds. The number of thiophene rings is 1. The van der Waals surface area contributed by atoms with Crippen molar-refractivity contribution in [2.24, 2.45) is 0 Å². The van der Waals surface area contributed by atoms with Crippen LogP contribution in [0, 0.1) is 0 Å². The maximum atomic E-state index is 12.2. The van der Waals surface area contributed by atoms with Gasteiger partial charge in [0.1, 0.15) is 22.3 Å². The van der Waals surface area contributed by atoms with Crippen LogP contribution < -0.4 is 9.47 Å². The predicted octanol–water partition coefficient (Wildman–Crippen LogP) is 2.85. The summed E-state index contributed by atoms with van der Waals surface area (Å²) in [6.45, 7) is 3.11. The number of likely N-dealkylation sites (N-methyl/N-ethyl adjacent to an activating group) is 1. The SMILES string of the molecule is CCOc1ccc(OCCN(C)S(=O)(=O)c2cccs2)cc1. The van der Waals surface area contributed by atoms with Gasteiger partial charge in [0.05, 0.1) is 6.61 Å². The van der Waals surface area contributed by atoms with Gasteiger partial charge in [0.25, 0.3) is 10.0 Å². The second-order valence-electron chi connectivity index (χ2n) is 4.51. The third-order valence-corrected chi connectivity index (χ3v) is 6.20. The van der Waals surface area contributed by atoms with Gasteiger partial charge in [0.2, 0.25) is 0 Å². The maximum Gasteiger partial charge on any atom is 0.252 e. The van der Waals surface area contributed by atoms with E-state index in [1.165, 1.54) is 15.6 Å². The molecule has 1 aromatic carbocycles. The molecule has 2 rings (SSSR count). The van der Waals surface area contributed by atoms with Crippen LogP contribution in [0.5, 0.6) is 11.5 Å². The first-order valence-electron chi connectivity index (χ1n) is 6.89. The molecular weight excluding hydrogens is 322 g/mol. The van der Waals surface area contributed by atoms with Gasteiger partial charge in [0, 0.05) is 13.6 Å². The Hall–Kier alpha value is -1.57. The smallest absolute Gasteiger partial charge is 0.252 e. The zero-order valence-electron chi connectivity index (χ0n) is 12.6. The lowest BCUT2D eigenvalue weighted by molar-refractivity contribution is 0.286. The highest BCUT2D eigenvalue weighted by Gasteiger charge is 2.21. The summed E-state index contributed by atoms with van der Waals surface area (Å²) in [6.07, 6.45) is 0. The summed E-state index contributed by atoms with van der Waals surface area (Å²) in [5, 5.41) is 1.75. The lowest BCUT2D eigenvalue weighted by Crippen LogP contribution is -2.30. The van der Waals surface area contributed by atoms with E-state index in [0.29, 0.717) is 16.6 Å². The molecule has 0 fully saturated rings. The highest BCUT2D eigenvalue weighted by molar-refractivity contribution is 7.91. The van der Waals surface area contributed by atoms with Crippen LogP contribution in [0.3, 0.4) is 0 Å². The minimum absolute atomic E-state index is 0.285. The largest absolute Gasteiger partial charge is 0.494 e. The molecule has 0 aliphatic rings. The van der Waals surface area contributed by atoms with Crippen molar-refractivity contribution in [3.8, 4) is 11.5 Å². The fourth-order valence-corrected chi connectivity index (χ4v) is 4.13. The molecule has 0 unspecified atom stereocenters. The van der Waals surface area contributed by atoms with Gasteiger partial charge in [-0.25, -0.2) is 8.42 Å². The third-order valence-electron chi connectivity index (χ3n) is 2.97. The van der Waals surface area contributed by atoms with Gasteiger partial charge in [0.15, 0.2) is 0 Å². The van der Waals surface area contributed by atoms with Crippen molar-refractivity contribution < 1.29 is 17.9 Å². The van der Waals surface area contributed by atoms with Gasteiger partial charge in [-0.3, -0.25) is 0 Å². The predicted molar refractivity (Wildman–Crippen MR) is 87.2 cm³/mol. The Morgan fingerprint density at radius 2 is 1.73 bits per heavy atom. The summed E-state index contributed by atoms with van der Waals surface area (Å²) < 4.78 is 37.0. The first-order valence-corrected chi connectivity index (χ1v) is 9.21. The zero-order valence-corrected chi connectivity index (χ0v) is 14.2. The van der Waals surface area contributed by atoms with E-state index in [-0.39, 0.29) is 13.2 Å². The molecule has 22 heavy (non-hydrogen) atoms. The molecule has 0 N–H and O–H groups in total. The molecule has 7 heteroatoms. The summed E-state index contributed by atoms with van der Waals surface area (Å²) in [5.41, 5.74) is 0.